The van der Waals surface area contributed by atoms with Gasteiger partial charge in [-0.15, -0.1) is 5.10 Å². The summed E-state index contributed by atoms with van der Waals surface area (Å²) in [5.74, 6) is -0.426. The highest BCUT2D eigenvalue weighted by Crippen LogP contribution is 2.35. The summed E-state index contributed by atoms with van der Waals surface area (Å²) in [6.07, 6.45) is 9.11. The van der Waals surface area contributed by atoms with Crippen molar-refractivity contribution in [1.29, 1.82) is 5.26 Å². The first-order valence-electron chi connectivity index (χ1n) is 17.1. The number of aromatic nitrogens is 8. The maximum Gasteiger partial charge on any atom is 0.411 e. The topological polar surface area (TPSA) is 230 Å². The van der Waals surface area contributed by atoms with Crippen molar-refractivity contribution in [1.82, 2.24) is 50.8 Å². The summed E-state index contributed by atoms with van der Waals surface area (Å²) in [4.78, 5) is 55.5. The van der Waals surface area contributed by atoms with Crippen LogP contribution in [0.15, 0.2) is 73.3 Å². The van der Waals surface area contributed by atoms with E-state index in [1.807, 2.05) is 6.92 Å². The lowest BCUT2D eigenvalue weighted by molar-refractivity contribution is -0.118. The number of rotatable bonds is 9. The van der Waals surface area contributed by atoms with Crippen LogP contribution in [0.1, 0.15) is 60.2 Å². The van der Waals surface area contributed by atoms with Gasteiger partial charge < -0.3 is 25.7 Å². The number of nitriles is 1. The average molecular weight is 762 g/mol. The van der Waals surface area contributed by atoms with Crippen molar-refractivity contribution in [2.45, 2.75) is 51.2 Å². The van der Waals surface area contributed by atoms with Crippen LogP contribution in [0.2, 0.25) is 5.02 Å². The molecule has 5 aromatic rings. The van der Waals surface area contributed by atoms with Gasteiger partial charge in [-0.2, -0.15) is 9.94 Å². The van der Waals surface area contributed by atoms with Crippen molar-refractivity contribution >= 4 is 47.0 Å². The second-order valence-electron chi connectivity index (χ2n) is 12.5. The largest absolute Gasteiger partial charge is 0.453 e. The van der Waals surface area contributed by atoms with Gasteiger partial charge in [-0.3, -0.25) is 24.9 Å². The van der Waals surface area contributed by atoms with Gasteiger partial charge in [0.25, 0.3) is 0 Å². The third kappa shape index (κ3) is 9.36. The Balaban J connectivity index is 1.29. The second-order valence-corrected chi connectivity index (χ2v) is 13.0. The molecule has 0 radical (unpaired) electrons. The number of fused-ring (bicyclic) bond motifs is 4. The van der Waals surface area contributed by atoms with Crippen molar-refractivity contribution in [3.05, 3.63) is 107 Å². The van der Waals surface area contributed by atoms with E-state index in [9.17, 15) is 19.6 Å². The highest BCUT2D eigenvalue weighted by atomic mass is 35.5. The van der Waals surface area contributed by atoms with Crippen LogP contribution < -0.4 is 21.3 Å². The summed E-state index contributed by atoms with van der Waals surface area (Å²) in [6, 6.07) is 11.1. The minimum atomic E-state index is -0.677. The number of benzene rings is 2. The summed E-state index contributed by atoms with van der Waals surface area (Å²) in [5.41, 5.74) is 4.69. The number of aryl methyl sites for hydroxylation is 1. The molecule has 3 amide bonds. The van der Waals surface area contributed by atoms with E-state index in [0.717, 1.165) is 5.69 Å². The fraction of sp³-hybridized carbons (Fsp3) is 0.243. The first-order chi connectivity index (χ1) is 26.6. The molecule has 4 heterocycles. The predicted molar refractivity (Wildman–Crippen MR) is 202 cm³/mol. The zero-order valence-corrected chi connectivity index (χ0v) is 30.6. The van der Waals surface area contributed by atoms with Crippen LogP contribution in [0.3, 0.4) is 0 Å². The van der Waals surface area contributed by atoms with Gasteiger partial charge in [0.2, 0.25) is 11.8 Å². The Morgan fingerprint density at radius 1 is 1.15 bits per heavy atom. The van der Waals surface area contributed by atoms with Gasteiger partial charge in [0.15, 0.2) is 5.69 Å². The summed E-state index contributed by atoms with van der Waals surface area (Å²) in [5, 5.41) is 34.0. The molecular weight excluding hydrogens is 726 g/mol. The quantitative estimate of drug-likeness (QED) is 0.126. The zero-order valence-electron chi connectivity index (χ0n) is 29.8. The van der Waals surface area contributed by atoms with E-state index in [4.69, 9.17) is 16.3 Å². The first-order valence-corrected chi connectivity index (χ1v) is 17.5. The van der Waals surface area contributed by atoms with Crippen LogP contribution in [-0.2, 0) is 20.9 Å². The van der Waals surface area contributed by atoms with Crippen LogP contribution in [-0.4, -0.2) is 71.2 Å². The monoisotopic (exact) mass is 761 g/mol. The fourth-order valence-corrected chi connectivity index (χ4v) is 6.11. The number of amides is 3. The van der Waals surface area contributed by atoms with E-state index in [-0.39, 0.29) is 17.8 Å². The Morgan fingerprint density at radius 3 is 2.73 bits per heavy atom. The number of carbonyl (C=O) groups excluding carboxylic acids is 3. The first kappa shape index (κ1) is 37.8. The van der Waals surface area contributed by atoms with Crippen LogP contribution >= 0.6 is 11.6 Å². The third-order valence-corrected chi connectivity index (χ3v) is 8.97. The molecule has 5 N–H and O–H groups in total. The molecule has 0 saturated carbocycles. The third-order valence-electron chi connectivity index (χ3n) is 8.74. The maximum atomic E-state index is 13.5. The molecule has 2 atom stereocenters. The van der Waals surface area contributed by atoms with Crippen LogP contribution in [0, 0.1) is 18.3 Å². The molecule has 1 aliphatic heterocycles. The molecule has 2 bridgehead atoms. The molecule has 55 heavy (non-hydrogen) atoms. The van der Waals surface area contributed by atoms with E-state index >= 15 is 0 Å². The Morgan fingerprint density at radius 2 is 1.98 bits per heavy atom. The van der Waals surface area contributed by atoms with Gasteiger partial charge in [0.1, 0.15) is 18.2 Å². The molecule has 18 heteroatoms. The highest BCUT2D eigenvalue weighted by Gasteiger charge is 2.26. The Labute approximate surface area is 320 Å². The summed E-state index contributed by atoms with van der Waals surface area (Å²) in [6.45, 7) is 6.12. The lowest BCUT2D eigenvalue weighted by atomic mass is 9.97. The summed E-state index contributed by atoms with van der Waals surface area (Å²) >= 11 is 6.26. The molecular formula is C37H36ClN13O4. The normalized spacial score (nSPS) is 15.3. The van der Waals surface area contributed by atoms with Gasteiger partial charge in [0, 0.05) is 45.4 Å². The van der Waals surface area contributed by atoms with Crippen LogP contribution in [0.4, 0.5) is 16.2 Å². The van der Waals surface area contributed by atoms with Gasteiger partial charge in [0.05, 0.1) is 54.7 Å². The number of tetrazole rings is 1. The average Bonchev–Trinajstić information content (AvgIpc) is 3.88. The van der Waals surface area contributed by atoms with E-state index in [1.165, 1.54) is 24.2 Å². The van der Waals surface area contributed by atoms with Gasteiger partial charge >= 0.3 is 6.09 Å². The van der Waals surface area contributed by atoms with Crippen molar-refractivity contribution < 1.29 is 19.1 Å². The van der Waals surface area contributed by atoms with Gasteiger partial charge in [-0.1, -0.05) is 31.0 Å². The number of aromatic amines is 1. The number of H-pyrrole nitrogens is 1. The Kier molecular flexibility index (Phi) is 11.9. The highest BCUT2D eigenvalue weighted by molar-refractivity contribution is 6.30. The molecule has 0 unspecified atom stereocenters. The molecule has 3 aromatic heterocycles. The Hall–Kier alpha value is -6.93. The lowest BCUT2D eigenvalue weighted by Gasteiger charge is -2.25. The van der Waals surface area contributed by atoms with E-state index in [1.54, 1.807) is 54.9 Å². The van der Waals surface area contributed by atoms with Crippen molar-refractivity contribution in [2.24, 2.45) is 0 Å². The number of hydrogen-bond donors (Lipinski definition) is 5. The molecule has 0 aliphatic carbocycles. The van der Waals surface area contributed by atoms with Crippen LogP contribution in [0.25, 0.3) is 23.0 Å². The summed E-state index contributed by atoms with van der Waals surface area (Å²) < 4.78 is 6.24. The summed E-state index contributed by atoms with van der Waals surface area (Å²) in [7, 11) is 1.25. The van der Waals surface area contributed by atoms with Crippen molar-refractivity contribution in [3.63, 3.8) is 0 Å². The molecule has 2 aromatic carbocycles. The van der Waals surface area contributed by atoms with Crippen LogP contribution in [0.5, 0.6) is 0 Å². The maximum absolute atomic E-state index is 13.5. The number of nitrogens with zero attached hydrogens (tertiary/aromatic N) is 8. The smallest absolute Gasteiger partial charge is 0.411 e. The predicted octanol–water partition coefficient (Wildman–Crippen LogP) is 4.95. The van der Waals surface area contributed by atoms with E-state index in [0.29, 0.717) is 76.1 Å². The number of hydrogen-bond acceptors (Lipinski definition) is 12. The SMILES string of the molecule is C=C(C(=O)NCc1cnc(C)cn1)[C@H]1CCCC[C@H](NC(=O)/C=C/c2cc(Cl)ccc2-n2cnnn2)c2nc(C#N)c([nH]2)-c2ccc(NC(=O)OC)cc2N1. The number of methoxy groups -OCH3 is 1. The molecule has 0 fully saturated rings. The number of ether oxygens (including phenoxy) is 1. The number of anilines is 2. The number of carbonyl (C=O) groups is 3. The van der Waals surface area contributed by atoms with E-state index in [2.05, 4.69) is 69.4 Å². The lowest BCUT2D eigenvalue weighted by Crippen LogP contribution is -2.34. The molecule has 6 rings (SSSR count). The number of halogens is 1. The van der Waals surface area contributed by atoms with E-state index < -0.39 is 30.0 Å². The zero-order chi connectivity index (χ0) is 38.9. The number of nitrogens with one attached hydrogen (secondary N) is 5. The van der Waals surface area contributed by atoms with Crippen molar-refractivity contribution in [3.8, 4) is 23.0 Å². The van der Waals surface area contributed by atoms with Gasteiger partial charge in [-0.25, -0.2) is 9.78 Å². The molecule has 0 saturated heterocycles. The minimum Gasteiger partial charge on any atom is -0.453 e. The molecule has 17 nitrogen and oxygen atoms in total. The van der Waals surface area contributed by atoms with Gasteiger partial charge in [-0.05, 0) is 72.7 Å². The fourth-order valence-electron chi connectivity index (χ4n) is 5.93. The second kappa shape index (κ2) is 17.3. The Bertz CT molecular complexity index is 2280. The minimum absolute atomic E-state index is 0.0816. The number of imidazole rings is 1. The standard InChI is InChI=1S/C37H36ClN13O4/c1-21-17-41-26(18-40-21)19-42-36(53)22(2)28-6-4-5-7-29(46-33(52)13-8-23-14-24(38)9-12-32(23)51-20-43-49-50-51)35-47-31(16-39)34(48-35)27-11-10-25(15-30(27)45-28)44-37(54)55-3/h8-15,17-18,20,28-29,45H,2,4-7,19H2,1,3H3,(H,42,53)(H,44,54)(H,46,52)(H,47,48)/b13-8+/t28-,29+/m1/s1. The molecule has 0 spiro atoms. The molecule has 280 valence electrons. The van der Waals surface area contributed by atoms with Crippen molar-refractivity contribution in [2.75, 3.05) is 17.7 Å². The molecule has 1 aliphatic rings.